The lowest BCUT2D eigenvalue weighted by atomic mass is 9.64. The third-order valence-corrected chi connectivity index (χ3v) is 6.12. The molecule has 2 aromatic rings. The Balaban J connectivity index is 2.07. The highest BCUT2D eigenvalue weighted by atomic mass is 19.4. The third-order valence-electron chi connectivity index (χ3n) is 6.12. The lowest BCUT2D eigenvalue weighted by Crippen LogP contribution is -2.61. The minimum Gasteiger partial charge on any atom is -0.404 e. The number of nitrogens with zero attached hydrogens (tertiary/aromatic N) is 2. The van der Waals surface area contributed by atoms with Crippen molar-refractivity contribution in [2.24, 2.45) is 16.1 Å². The number of benzene rings is 2. The van der Waals surface area contributed by atoms with E-state index in [1.54, 1.807) is 27.8 Å². The summed E-state index contributed by atoms with van der Waals surface area (Å²) in [6.07, 6.45) is -4.13. The molecule has 1 aliphatic rings. The van der Waals surface area contributed by atoms with Crippen LogP contribution in [0.4, 0.5) is 28.9 Å². The van der Waals surface area contributed by atoms with Crippen molar-refractivity contribution in [3.8, 4) is 5.75 Å². The topological polar surface area (TPSA) is 79.9 Å². The predicted octanol–water partition coefficient (Wildman–Crippen LogP) is 4.54. The quantitative estimate of drug-likeness (QED) is 0.515. The summed E-state index contributed by atoms with van der Waals surface area (Å²) >= 11 is 0. The Morgan fingerprint density at radius 2 is 1.84 bits per heavy atom. The minimum atomic E-state index is -4.87. The van der Waals surface area contributed by atoms with Gasteiger partial charge in [-0.05, 0) is 37.3 Å². The number of para-hydroxylation sites is 2. The summed E-state index contributed by atoms with van der Waals surface area (Å²) in [5.41, 5.74) is 4.42. The number of rotatable bonds is 5. The zero-order chi connectivity index (χ0) is 23.9. The Labute approximate surface area is 183 Å². The number of nitrogens with one attached hydrogen (secondary N) is 1. The number of aldehydes is 1. The van der Waals surface area contributed by atoms with Gasteiger partial charge >= 0.3 is 6.36 Å². The van der Waals surface area contributed by atoms with E-state index in [1.807, 2.05) is 0 Å². The molecule has 0 fully saturated rings. The molecule has 6 nitrogen and oxygen atoms in total. The van der Waals surface area contributed by atoms with E-state index in [1.165, 1.54) is 47.4 Å². The van der Waals surface area contributed by atoms with Gasteiger partial charge in [0.2, 0.25) is 0 Å². The van der Waals surface area contributed by atoms with Gasteiger partial charge in [-0.15, -0.1) is 13.2 Å². The second kappa shape index (κ2) is 7.99. The summed E-state index contributed by atoms with van der Waals surface area (Å²) in [5, 5.41) is 2.84. The van der Waals surface area contributed by atoms with E-state index in [4.69, 9.17) is 5.73 Å². The number of likely N-dealkylation sites (N-methyl/N-ethyl adjacent to an activating group) is 1. The van der Waals surface area contributed by atoms with Gasteiger partial charge in [0, 0.05) is 23.7 Å². The van der Waals surface area contributed by atoms with E-state index < -0.39 is 34.9 Å². The van der Waals surface area contributed by atoms with Crippen LogP contribution in [-0.4, -0.2) is 36.6 Å². The fourth-order valence-electron chi connectivity index (χ4n) is 3.95. The first-order chi connectivity index (χ1) is 14.8. The summed E-state index contributed by atoms with van der Waals surface area (Å²) in [4.78, 5) is 17.9. The Hall–Kier alpha value is -3.30. The number of guanidine groups is 1. The van der Waals surface area contributed by atoms with E-state index in [-0.39, 0.29) is 17.2 Å². The van der Waals surface area contributed by atoms with Crippen LogP contribution >= 0.6 is 0 Å². The molecule has 3 rings (SSSR count). The molecule has 2 aromatic carbocycles. The number of carbonyl (C=O) groups excluding carboxylic acids is 1. The number of anilines is 2. The van der Waals surface area contributed by atoms with E-state index >= 15 is 4.39 Å². The van der Waals surface area contributed by atoms with Crippen molar-refractivity contribution < 1.29 is 27.1 Å². The molecule has 0 amide bonds. The maximum absolute atomic E-state index is 15.0. The highest BCUT2D eigenvalue weighted by Crippen LogP contribution is 2.49. The second-order valence-electron chi connectivity index (χ2n) is 8.32. The standard InChI is InChI=1S/C22H24F4N4O2/c1-20(2)18(12-31)30(4)19(27)29-21(20,3)14-11-13(9-10-15(14)23)28-16-7-5-6-8-17(16)32-22(24,25)26/h5-12,18,28H,1-4H3,(H2,27,29). The van der Waals surface area contributed by atoms with Crippen molar-refractivity contribution >= 4 is 23.6 Å². The zero-order valence-corrected chi connectivity index (χ0v) is 18.0. The van der Waals surface area contributed by atoms with Crippen LogP contribution in [0.3, 0.4) is 0 Å². The molecule has 2 atom stereocenters. The van der Waals surface area contributed by atoms with Gasteiger partial charge in [0.15, 0.2) is 11.7 Å². The summed E-state index contributed by atoms with van der Waals surface area (Å²) in [7, 11) is 1.63. The predicted molar refractivity (Wildman–Crippen MR) is 113 cm³/mol. The van der Waals surface area contributed by atoms with Gasteiger partial charge < -0.3 is 25.5 Å². The van der Waals surface area contributed by atoms with Crippen molar-refractivity contribution in [1.29, 1.82) is 0 Å². The first kappa shape index (κ1) is 23.4. The van der Waals surface area contributed by atoms with Crippen LogP contribution in [-0.2, 0) is 10.3 Å². The normalized spacial score (nSPS) is 22.8. The summed E-state index contributed by atoms with van der Waals surface area (Å²) in [6.45, 7) is 5.24. The molecule has 0 aromatic heterocycles. The first-order valence-electron chi connectivity index (χ1n) is 9.75. The van der Waals surface area contributed by atoms with Crippen molar-refractivity contribution in [1.82, 2.24) is 4.90 Å². The average molecular weight is 452 g/mol. The SMILES string of the molecule is CN1C(N)=NC(C)(c2cc(Nc3ccccc3OC(F)(F)F)ccc2F)C(C)(C)C1C=O. The van der Waals surface area contributed by atoms with E-state index in [0.717, 1.165) is 6.29 Å². The molecule has 0 spiro atoms. The Kier molecular flexibility index (Phi) is 5.84. The molecule has 2 unspecified atom stereocenters. The average Bonchev–Trinajstić information content (AvgIpc) is 2.68. The van der Waals surface area contributed by atoms with Gasteiger partial charge in [-0.1, -0.05) is 26.0 Å². The molecule has 172 valence electrons. The van der Waals surface area contributed by atoms with E-state index in [2.05, 4.69) is 15.0 Å². The monoisotopic (exact) mass is 452 g/mol. The lowest BCUT2D eigenvalue weighted by Gasteiger charge is -2.51. The van der Waals surface area contributed by atoms with E-state index in [0.29, 0.717) is 5.69 Å². The molecule has 0 saturated carbocycles. The molecule has 1 aliphatic heterocycles. The largest absolute Gasteiger partial charge is 0.573 e. The molecular weight excluding hydrogens is 428 g/mol. The number of hydrogen-bond acceptors (Lipinski definition) is 6. The Morgan fingerprint density at radius 1 is 1.19 bits per heavy atom. The third kappa shape index (κ3) is 4.09. The molecule has 0 aliphatic carbocycles. The van der Waals surface area contributed by atoms with Gasteiger partial charge in [0.1, 0.15) is 12.1 Å². The molecule has 1 heterocycles. The second-order valence-corrected chi connectivity index (χ2v) is 8.32. The molecular formula is C22H24F4N4O2. The Morgan fingerprint density at radius 3 is 2.47 bits per heavy atom. The van der Waals surface area contributed by atoms with Crippen LogP contribution in [0.2, 0.25) is 0 Å². The van der Waals surface area contributed by atoms with Crippen molar-refractivity contribution in [3.63, 3.8) is 0 Å². The first-order valence-corrected chi connectivity index (χ1v) is 9.75. The van der Waals surface area contributed by atoms with Gasteiger partial charge in [-0.25, -0.2) is 9.38 Å². The summed E-state index contributed by atoms with van der Waals surface area (Å²) < 4.78 is 57.3. The summed E-state index contributed by atoms with van der Waals surface area (Å²) in [6, 6.07) is 8.86. The number of alkyl halides is 3. The number of hydrogen-bond donors (Lipinski definition) is 2. The zero-order valence-electron chi connectivity index (χ0n) is 18.0. The van der Waals surface area contributed by atoms with Crippen LogP contribution in [0, 0.1) is 11.2 Å². The smallest absolute Gasteiger partial charge is 0.404 e. The number of nitrogens with two attached hydrogens (primary N) is 1. The fourth-order valence-corrected chi connectivity index (χ4v) is 3.95. The lowest BCUT2D eigenvalue weighted by molar-refractivity contribution is -0.274. The molecule has 32 heavy (non-hydrogen) atoms. The van der Waals surface area contributed by atoms with Crippen LogP contribution < -0.4 is 15.8 Å². The molecule has 0 bridgehead atoms. The van der Waals surface area contributed by atoms with Gasteiger partial charge in [0.05, 0.1) is 17.3 Å². The van der Waals surface area contributed by atoms with Crippen LogP contribution in [0.1, 0.15) is 26.3 Å². The maximum Gasteiger partial charge on any atom is 0.573 e. The van der Waals surface area contributed by atoms with Gasteiger partial charge in [0.25, 0.3) is 0 Å². The number of ether oxygens (including phenoxy) is 1. The minimum absolute atomic E-state index is 0.0453. The highest BCUT2D eigenvalue weighted by Gasteiger charge is 2.53. The number of halogens is 4. The fraction of sp³-hybridized carbons (Fsp3) is 0.364. The molecule has 3 N–H and O–H groups in total. The van der Waals surface area contributed by atoms with Crippen LogP contribution in [0.5, 0.6) is 5.75 Å². The highest BCUT2D eigenvalue weighted by molar-refractivity contribution is 5.84. The molecule has 0 saturated heterocycles. The maximum atomic E-state index is 15.0. The van der Waals surface area contributed by atoms with Gasteiger partial charge in [-0.3, -0.25) is 0 Å². The number of aliphatic imine (C=N–C) groups is 1. The molecule has 0 radical (unpaired) electrons. The van der Waals surface area contributed by atoms with Crippen molar-refractivity contribution in [2.45, 2.75) is 38.7 Å². The van der Waals surface area contributed by atoms with Gasteiger partial charge in [-0.2, -0.15) is 0 Å². The van der Waals surface area contributed by atoms with Crippen molar-refractivity contribution in [3.05, 3.63) is 53.8 Å². The molecule has 10 heteroatoms. The van der Waals surface area contributed by atoms with Crippen LogP contribution in [0.25, 0.3) is 0 Å². The van der Waals surface area contributed by atoms with Crippen molar-refractivity contribution in [2.75, 3.05) is 12.4 Å². The van der Waals surface area contributed by atoms with E-state index in [9.17, 15) is 18.0 Å². The number of carbonyl (C=O) groups is 1. The summed E-state index contributed by atoms with van der Waals surface area (Å²) in [5.74, 6) is -0.942. The Bertz CT molecular complexity index is 1050. The van der Waals surface area contributed by atoms with Crippen LogP contribution in [0.15, 0.2) is 47.5 Å².